The Bertz CT molecular complexity index is 814. The molecule has 7 heteroatoms. The van der Waals surface area contributed by atoms with Gasteiger partial charge in [0.05, 0.1) is 6.54 Å². The number of halogens is 1. The van der Waals surface area contributed by atoms with Crippen molar-refractivity contribution in [2.75, 3.05) is 0 Å². The maximum Gasteiger partial charge on any atom is 0.245 e. The second-order valence-electron chi connectivity index (χ2n) is 5.29. The highest BCUT2D eigenvalue weighted by molar-refractivity contribution is 5.80. The highest BCUT2D eigenvalue weighted by atomic mass is 19.1. The average Bonchev–Trinajstić information content (AvgIpc) is 3.26. The number of nitrogens with zero attached hydrogens (tertiary/aromatic N) is 3. The summed E-state index contributed by atoms with van der Waals surface area (Å²) in [7, 11) is 0. The van der Waals surface area contributed by atoms with Gasteiger partial charge in [0.2, 0.25) is 5.91 Å². The van der Waals surface area contributed by atoms with Crippen LogP contribution in [-0.2, 0) is 11.3 Å². The molecule has 6 nitrogen and oxygen atoms in total. The maximum absolute atomic E-state index is 13.7. The zero-order valence-corrected chi connectivity index (χ0v) is 13.1. The predicted molar refractivity (Wildman–Crippen MR) is 85.3 cm³/mol. The largest absolute Gasteiger partial charge is 0.359 e. The van der Waals surface area contributed by atoms with Crippen LogP contribution in [0.2, 0.25) is 0 Å². The third kappa shape index (κ3) is 3.34. The Balaban J connectivity index is 1.65. The van der Waals surface area contributed by atoms with Crippen LogP contribution >= 0.6 is 0 Å². The number of hydrogen-bond acceptors (Lipinski definition) is 4. The zero-order valence-electron chi connectivity index (χ0n) is 13.1. The Kier molecular flexibility index (Phi) is 4.69. The van der Waals surface area contributed by atoms with Gasteiger partial charge in [-0.1, -0.05) is 24.2 Å². The van der Waals surface area contributed by atoms with E-state index in [2.05, 4.69) is 15.6 Å². The molecule has 1 amide bonds. The molecule has 24 heavy (non-hydrogen) atoms. The van der Waals surface area contributed by atoms with E-state index in [0.717, 1.165) is 0 Å². The number of nitrogens with one attached hydrogen (secondary N) is 1. The van der Waals surface area contributed by atoms with Crippen LogP contribution in [0.25, 0.3) is 11.3 Å². The average molecular weight is 328 g/mol. The molecule has 0 aliphatic heterocycles. The van der Waals surface area contributed by atoms with Crippen LogP contribution < -0.4 is 5.32 Å². The van der Waals surface area contributed by atoms with Gasteiger partial charge in [-0.25, -0.2) is 4.39 Å². The van der Waals surface area contributed by atoms with Gasteiger partial charge in [0.25, 0.3) is 0 Å². The smallest absolute Gasteiger partial charge is 0.245 e. The predicted octanol–water partition coefficient (Wildman–Crippen LogP) is 2.94. The summed E-state index contributed by atoms with van der Waals surface area (Å²) in [6.07, 6.45) is 4.00. The zero-order chi connectivity index (χ0) is 16.9. The first kappa shape index (κ1) is 15.9. The van der Waals surface area contributed by atoms with Crippen molar-refractivity contribution in [2.24, 2.45) is 0 Å². The molecule has 3 rings (SSSR count). The Morgan fingerprint density at radius 2 is 2.21 bits per heavy atom. The number of carbonyl (C=O) groups excluding carboxylic acids is 1. The Morgan fingerprint density at radius 1 is 1.38 bits per heavy atom. The van der Waals surface area contributed by atoms with E-state index in [1.807, 2.05) is 6.92 Å². The fourth-order valence-corrected chi connectivity index (χ4v) is 2.44. The van der Waals surface area contributed by atoms with Gasteiger partial charge in [-0.3, -0.25) is 9.48 Å². The van der Waals surface area contributed by atoms with Gasteiger partial charge in [-0.2, -0.15) is 5.10 Å². The van der Waals surface area contributed by atoms with Crippen LogP contribution in [0.3, 0.4) is 0 Å². The van der Waals surface area contributed by atoms with Crippen LogP contribution in [-0.4, -0.2) is 20.8 Å². The molecule has 3 aromatic rings. The van der Waals surface area contributed by atoms with Gasteiger partial charge in [0.1, 0.15) is 17.6 Å². The summed E-state index contributed by atoms with van der Waals surface area (Å²) < 4.78 is 20.5. The van der Waals surface area contributed by atoms with Crippen LogP contribution in [0, 0.1) is 5.82 Å². The van der Waals surface area contributed by atoms with Crippen molar-refractivity contribution in [2.45, 2.75) is 25.9 Å². The van der Waals surface area contributed by atoms with E-state index >= 15 is 0 Å². The number of benzene rings is 1. The van der Waals surface area contributed by atoms with E-state index in [1.165, 1.54) is 6.07 Å². The molecule has 0 saturated heterocycles. The lowest BCUT2D eigenvalue weighted by molar-refractivity contribution is -0.125. The molecule has 0 saturated carbocycles. The SMILES string of the molecule is CCC(C(=O)NCc1cc(-c2ccccc2F)no1)n1cccn1. The summed E-state index contributed by atoms with van der Waals surface area (Å²) in [6.45, 7) is 2.09. The molecule has 0 radical (unpaired) electrons. The summed E-state index contributed by atoms with van der Waals surface area (Å²) >= 11 is 0. The van der Waals surface area contributed by atoms with Crippen molar-refractivity contribution < 1.29 is 13.7 Å². The third-order valence-corrected chi connectivity index (χ3v) is 3.68. The number of amides is 1. The fraction of sp³-hybridized carbons (Fsp3) is 0.235. The van der Waals surface area contributed by atoms with E-state index in [1.54, 1.807) is 47.4 Å². The minimum atomic E-state index is -0.381. The summed E-state index contributed by atoms with van der Waals surface area (Å²) in [5.41, 5.74) is 0.762. The fourth-order valence-electron chi connectivity index (χ4n) is 2.44. The Hall–Kier alpha value is -2.96. The van der Waals surface area contributed by atoms with Crippen molar-refractivity contribution >= 4 is 5.91 Å². The third-order valence-electron chi connectivity index (χ3n) is 3.68. The van der Waals surface area contributed by atoms with Gasteiger partial charge < -0.3 is 9.84 Å². The molecule has 0 fully saturated rings. The molecule has 1 N–H and O–H groups in total. The second-order valence-corrected chi connectivity index (χ2v) is 5.29. The molecule has 0 aliphatic rings. The summed E-state index contributed by atoms with van der Waals surface area (Å²) in [5, 5.41) is 10.7. The van der Waals surface area contributed by atoms with Gasteiger partial charge in [-0.15, -0.1) is 0 Å². The Labute approximate surface area is 138 Å². The quantitative estimate of drug-likeness (QED) is 0.755. The molecule has 124 valence electrons. The minimum Gasteiger partial charge on any atom is -0.359 e. The molecule has 0 aliphatic carbocycles. The van der Waals surface area contributed by atoms with Crippen molar-refractivity contribution in [1.82, 2.24) is 20.3 Å². The lowest BCUT2D eigenvalue weighted by Gasteiger charge is -2.14. The first-order valence-corrected chi connectivity index (χ1v) is 7.66. The van der Waals surface area contributed by atoms with Gasteiger partial charge in [0, 0.05) is 24.0 Å². The molecule has 0 bridgehead atoms. The summed E-state index contributed by atoms with van der Waals surface area (Å²) in [6, 6.07) is 9.33. The van der Waals surface area contributed by atoms with Gasteiger partial charge in [0.15, 0.2) is 5.76 Å². The maximum atomic E-state index is 13.7. The molecule has 2 heterocycles. The molecular weight excluding hydrogens is 311 g/mol. The van der Waals surface area contributed by atoms with Crippen molar-refractivity contribution in [3.8, 4) is 11.3 Å². The highest BCUT2D eigenvalue weighted by Gasteiger charge is 2.19. The first-order chi connectivity index (χ1) is 11.7. The number of aromatic nitrogens is 3. The normalized spacial score (nSPS) is 12.1. The van der Waals surface area contributed by atoms with E-state index in [-0.39, 0.29) is 24.3 Å². The van der Waals surface area contributed by atoms with Crippen molar-refractivity contribution in [3.63, 3.8) is 0 Å². The number of carbonyl (C=O) groups is 1. The molecule has 2 aromatic heterocycles. The lowest BCUT2D eigenvalue weighted by Crippen LogP contribution is -2.32. The Morgan fingerprint density at radius 3 is 2.92 bits per heavy atom. The van der Waals surface area contributed by atoms with Crippen LogP contribution in [0.1, 0.15) is 25.1 Å². The summed E-state index contributed by atoms with van der Waals surface area (Å²) in [4.78, 5) is 12.3. The van der Waals surface area contributed by atoms with Crippen LogP contribution in [0.4, 0.5) is 4.39 Å². The van der Waals surface area contributed by atoms with E-state index < -0.39 is 0 Å². The first-order valence-electron chi connectivity index (χ1n) is 7.66. The second kappa shape index (κ2) is 7.08. The van der Waals surface area contributed by atoms with E-state index in [0.29, 0.717) is 23.4 Å². The van der Waals surface area contributed by atoms with Crippen LogP contribution in [0.5, 0.6) is 0 Å². The van der Waals surface area contributed by atoms with Gasteiger partial charge in [-0.05, 0) is 24.6 Å². The van der Waals surface area contributed by atoms with Crippen molar-refractivity contribution in [3.05, 3.63) is 60.4 Å². The topological polar surface area (TPSA) is 73.0 Å². The molecular formula is C17H17FN4O2. The minimum absolute atomic E-state index is 0.162. The molecule has 0 spiro atoms. The van der Waals surface area contributed by atoms with E-state index in [9.17, 15) is 9.18 Å². The summed E-state index contributed by atoms with van der Waals surface area (Å²) in [5.74, 6) is -0.0759. The molecule has 1 unspecified atom stereocenters. The van der Waals surface area contributed by atoms with Crippen molar-refractivity contribution in [1.29, 1.82) is 0 Å². The number of rotatable bonds is 6. The van der Waals surface area contributed by atoms with Gasteiger partial charge >= 0.3 is 0 Å². The highest BCUT2D eigenvalue weighted by Crippen LogP contribution is 2.22. The lowest BCUT2D eigenvalue weighted by atomic mass is 10.1. The van der Waals surface area contributed by atoms with Crippen LogP contribution in [0.15, 0.2) is 53.3 Å². The van der Waals surface area contributed by atoms with E-state index in [4.69, 9.17) is 4.52 Å². The molecule has 1 atom stereocenters. The molecule has 1 aromatic carbocycles. The number of hydrogen-bond donors (Lipinski definition) is 1. The monoisotopic (exact) mass is 328 g/mol. The standard InChI is InChI=1S/C17H17FN4O2/c1-2-16(22-9-5-8-20-22)17(23)19-11-12-10-15(21-24-12)13-6-3-4-7-14(13)18/h3-10,16H,2,11H2,1H3,(H,19,23).